The molecule has 1 aliphatic carbocycles. The Morgan fingerprint density at radius 3 is 2.39 bits per heavy atom. The van der Waals surface area contributed by atoms with Crippen molar-refractivity contribution in [3.8, 4) is 5.75 Å². The van der Waals surface area contributed by atoms with E-state index in [1.807, 2.05) is 31.3 Å². The molecule has 1 aliphatic heterocycles. The summed E-state index contributed by atoms with van der Waals surface area (Å²) >= 11 is 0. The Kier molecular flexibility index (Phi) is 8.12. The number of amides is 1. The lowest BCUT2D eigenvalue weighted by Crippen LogP contribution is -2.39. The average molecular weight is 516 g/mol. The first-order chi connectivity index (χ1) is 18.4. The van der Waals surface area contributed by atoms with Crippen LogP contribution in [-0.2, 0) is 13.7 Å². The third kappa shape index (κ3) is 5.93. The molecule has 1 aromatic heterocycles. The van der Waals surface area contributed by atoms with E-state index in [2.05, 4.69) is 70.0 Å². The van der Waals surface area contributed by atoms with Crippen LogP contribution in [0.25, 0.3) is 0 Å². The third-order valence-electron chi connectivity index (χ3n) is 8.41. The highest BCUT2D eigenvalue weighted by Gasteiger charge is 2.28. The van der Waals surface area contributed by atoms with Gasteiger partial charge in [0.2, 0.25) is 0 Å². The second-order valence-corrected chi connectivity index (χ2v) is 11.3. The number of likely N-dealkylation sites (tertiary alicyclic amines) is 1. The fourth-order valence-corrected chi connectivity index (χ4v) is 5.58. The number of nitrogens with zero attached hydrogens (tertiary/aromatic N) is 4. The van der Waals surface area contributed by atoms with Gasteiger partial charge in [0, 0.05) is 30.6 Å². The van der Waals surface area contributed by atoms with Crippen LogP contribution in [0.15, 0.2) is 48.5 Å². The number of ether oxygens (including phenoxy) is 1. The molecule has 2 heterocycles. The van der Waals surface area contributed by atoms with E-state index >= 15 is 0 Å². The minimum Gasteiger partial charge on any atom is -0.486 e. The summed E-state index contributed by atoms with van der Waals surface area (Å²) in [5.41, 5.74) is 3.28. The Hall–Kier alpha value is -3.19. The number of carbonyl (C=O) groups excluding carboxylic acids is 1. The summed E-state index contributed by atoms with van der Waals surface area (Å²) in [6.45, 7) is 9.34. The first-order valence-electron chi connectivity index (χ1n) is 14.1. The van der Waals surface area contributed by atoms with Crippen molar-refractivity contribution in [2.24, 2.45) is 7.05 Å². The number of nitrogens with one attached hydrogen (secondary N) is 1. The molecule has 1 amide bonds. The molecule has 1 N–H and O–H groups in total. The van der Waals surface area contributed by atoms with Gasteiger partial charge >= 0.3 is 0 Å². The van der Waals surface area contributed by atoms with Crippen molar-refractivity contribution >= 4 is 5.91 Å². The van der Waals surface area contributed by atoms with Gasteiger partial charge in [-0.2, -0.15) is 0 Å². The predicted molar refractivity (Wildman–Crippen MR) is 149 cm³/mol. The second-order valence-electron chi connectivity index (χ2n) is 11.3. The van der Waals surface area contributed by atoms with Crippen molar-refractivity contribution in [2.75, 3.05) is 13.1 Å². The van der Waals surface area contributed by atoms with Gasteiger partial charge < -0.3 is 14.6 Å². The van der Waals surface area contributed by atoms with E-state index in [4.69, 9.17) is 4.74 Å². The molecule has 1 saturated carbocycles. The van der Waals surface area contributed by atoms with Gasteiger partial charge in [-0.05, 0) is 93.4 Å². The molecule has 2 aromatic carbocycles. The smallest absolute Gasteiger partial charge is 0.251 e. The van der Waals surface area contributed by atoms with Gasteiger partial charge in [0.25, 0.3) is 5.91 Å². The van der Waals surface area contributed by atoms with E-state index in [1.54, 1.807) is 0 Å². The van der Waals surface area contributed by atoms with E-state index < -0.39 is 0 Å². The zero-order chi connectivity index (χ0) is 26.6. The molecule has 2 aliphatic rings. The van der Waals surface area contributed by atoms with Gasteiger partial charge in [-0.1, -0.05) is 38.1 Å². The highest BCUT2D eigenvalue weighted by atomic mass is 16.5. The first kappa shape index (κ1) is 26.4. The van der Waals surface area contributed by atoms with Crippen LogP contribution in [0.2, 0.25) is 0 Å². The Balaban J connectivity index is 1.11. The highest BCUT2D eigenvalue weighted by Crippen LogP contribution is 2.32. The van der Waals surface area contributed by atoms with E-state index in [1.165, 1.54) is 30.6 Å². The maximum Gasteiger partial charge on any atom is 0.251 e. The lowest BCUT2D eigenvalue weighted by molar-refractivity contribution is 0.0925. The largest absolute Gasteiger partial charge is 0.486 e. The summed E-state index contributed by atoms with van der Waals surface area (Å²) in [5.74, 6) is 3.53. The number of aromatic nitrogens is 3. The maximum absolute atomic E-state index is 12.9. The van der Waals surface area contributed by atoms with Crippen LogP contribution in [0.1, 0.15) is 104 Å². The second kappa shape index (κ2) is 11.7. The molecule has 3 aromatic rings. The molecule has 0 radical (unpaired) electrons. The van der Waals surface area contributed by atoms with Crippen LogP contribution in [0, 0.1) is 0 Å². The number of rotatable bonds is 9. The first-order valence-corrected chi connectivity index (χ1v) is 14.1. The molecular weight excluding hydrogens is 474 g/mol. The van der Waals surface area contributed by atoms with Crippen molar-refractivity contribution in [1.29, 1.82) is 0 Å². The molecule has 38 heavy (non-hydrogen) atoms. The van der Waals surface area contributed by atoms with Gasteiger partial charge in [-0.15, -0.1) is 10.2 Å². The predicted octanol–water partition coefficient (Wildman–Crippen LogP) is 5.74. The van der Waals surface area contributed by atoms with Gasteiger partial charge in [-0.25, -0.2) is 0 Å². The molecular formula is C31H41N5O2. The van der Waals surface area contributed by atoms with Gasteiger partial charge in [0.05, 0.1) is 0 Å². The molecule has 202 valence electrons. The molecule has 1 saturated heterocycles. The number of hydrogen-bond donors (Lipinski definition) is 1. The van der Waals surface area contributed by atoms with Crippen LogP contribution in [-0.4, -0.2) is 44.7 Å². The van der Waals surface area contributed by atoms with Gasteiger partial charge in [-0.3, -0.25) is 9.69 Å². The Labute approximate surface area is 226 Å². The normalized spacial score (nSPS) is 20.7. The van der Waals surface area contributed by atoms with Crippen LogP contribution in [0.4, 0.5) is 0 Å². The van der Waals surface area contributed by atoms with Crippen molar-refractivity contribution in [3.63, 3.8) is 0 Å². The minimum atomic E-state index is 0.0243. The topological polar surface area (TPSA) is 72.3 Å². The fourth-order valence-electron chi connectivity index (χ4n) is 5.58. The summed E-state index contributed by atoms with van der Waals surface area (Å²) < 4.78 is 8.12. The van der Waals surface area contributed by atoms with E-state index in [-0.39, 0.29) is 11.9 Å². The van der Waals surface area contributed by atoms with Gasteiger partial charge in [0.1, 0.15) is 18.2 Å². The monoisotopic (exact) mass is 515 g/mol. The van der Waals surface area contributed by atoms with Crippen LogP contribution >= 0.6 is 0 Å². The molecule has 0 spiro atoms. The summed E-state index contributed by atoms with van der Waals surface area (Å²) in [6.07, 6.45) is 5.15. The minimum absolute atomic E-state index is 0.0243. The third-order valence-corrected chi connectivity index (χ3v) is 8.41. The standard InChI is InChI=1S/C31H41N5O2/c1-21(2)26-7-5-8-28(19-26)38-20-29-33-34-30(35(29)4)24-13-15-27(16-14-24)32-31(37)25-11-9-23(10-12-25)22(3)36-17-6-18-36/h5,7-12,19,21-22,24,27H,6,13-18,20H2,1-4H3,(H,32,37)/t22-,24?,27?/m0/s1. The van der Waals surface area contributed by atoms with E-state index in [0.717, 1.165) is 48.6 Å². The fraction of sp³-hybridized carbons (Fsp3) is 0.516. The van der Waals surface area contributed by atoms with Crippen LogP contribution < -0.4 is 10.1 Å². The number of hydrogen-bond acceptors (Lipinski definition) is 5. The number of carbonyl (C=O) groups is 1. The van der Waals surface area contributed by atoms with Crippen LogP contribution in [0.3, 0.4) is 0 Å². The molecule has 0 unspecified atom stereocenters. The van der Waals surface area contributed by atoms with Crippen molar-refractivity contribution in [3.05, 3.63) is 76.9 Å². The summed E-state index contributed by atoms with van der Waals surface area (Å²) in [5, 5.41) is 12.2. The highest BCUT2D eigenvalue weighted by molar-refractivity contribution is 5.94. The Morgan fingerprint density at radius 1 is 1.00 bits per heavy atom. The molecule has 0 bridgehead atoms. The van der Waals surface area contributed by atoms with E-state index in [9.17, 15) is 4.79 Å². The molecule has 5 rings (SSSR count). The Morgan fingerprint density at radius 2 is 1.74 bits per heavy atom. The summed E-state index contributed by atoms with van der Waals surface area (Å²) in [4.78, 5) is 15.4. The van der Waals surface area contributed by atoms with Crippen molar-refractivity contribution in [2.45, 2.75) is 83.4 Å². The molecule has 7 nitrogen and oxygen atoms in total. The quantitative estimate of drug-likeness (QED) is 0.393. The summed E-state index contributed by atoms with van der Waals surface area (Å²) in [6, 6.07) is 17.0. The zero-order valence-corrected chi connectivity index (χ0v) is 23.2. The number of benzene rings is 2. The van der Waals surface area contributed by atoms with Crippen molar-refractivity contribution in [1.82, 2.24) is 25.0 Å². The van der Waals surface area contributed by atoms with Gasteiger partial charge in [0.15, 0.2) is 5.82 Å². The average Bonchev–Trinajstić information content (AvgIpc) is 3.27. The van der Waals surface area contributed by atoms with Crippen LogP contribution in [0.5, 0.6) is 5.75 Å². The molecule has 2 fully saturated rings. The lowest BCUT2D eigenvalue weighted by atomic mass is 9.85. The molecule has 1 atom stereocenters. The molecule has 7 heteroatoms. The SMILES string of the molecule is CC(C)c1cccc(OCc2nnc(C3CCC(NC(=O)c4ccc([C@H](C)N5CCC5)cc4)CC3)n2C)c1. The summed E-state index contributed by atoms with van der Waals surface area (Å²) in [7, 11) is 2.03. The van der Waals surface area contributed by atoms with E-state index in [0.29, 0.717) is 24.5 Å². The Bertz CT molecular complexity index is 1220. The lowest BCUT2D eigenvalue weighted by Gasteiger charge is -2.36. The zero-order valence-electron chi connectivity index (χ0n) is 23.2. The van der Waals surface area contributed by atoms with Crippen molar-refractivity contribution < 1.29 is 9.53 Å². The maximum atomic E-state index is 12.9.